The second-order valence-corrected chi connectivity index (χ2v) is 4.54. The van der Waals surface area contributed by atoms with Gasteiger partial charge in [0, 0.05) is 12.5 Å². The van der Waals surface area contributed by atoms with E-state index in [9.17, 15) is 4.79 Å². The Bertz CT molecular complexity index is 367. The lowest BCUT2D eigenvalue weighted by Gasteiger charge is -2.21. The summed E-state index contributed by atoms with van der Waals surface area (Å²) >= 11 is 1.45. The number of aromatic nitrogens is 1. The van der Waals surface area contributed by atoms with Crippen LogP contribution in [0.3, 0.4) is 0 Å². The van der Waals surface area contributed by atoms with Gasteiger partial charge in [-0.3, -0.25) is 4.90 Å². The minimum absolute atomic E-state index is 0.0185. The maximum atomic E-state index is 11.4. The zero-order chi connectivity index (χ0) is 12.8. The molecule has 0 fully saturated rings. The maximum absolute atomic E-state index is 11.4. The van der Waals surface area contributed by atoms with Crippen molar-refractivity contribution in [3.63, 3.8) is 0 Å². The van der Waals surface area contributed by atoms with E-state index in [1.54, 1.807) is 19.4 Å². The van der Waals surface area contributed by atoms with Crippen LogP contribution in [0.5, 0.6) is 0 Å². The van der Waals surface area contributed by atoms with Crippen molar-refractivity contribution in [3.05, 3.63) is 16.1 Å². The number of methoxy groups -OCH3 is 1. The van der Waals surface area contributed by atoms with Crippen LogP contribution in [0.2, 0.25) is 0 Å². The molecule has 1 unspecified atom stereocenters. The summed E-state index contributed by atoms with van der Waals surface area (Å²) in [6.45, 7) is 4.75. The Kier molecular flexibility index (Phi) is 5.54. The number of rotatable bonds is 6. The van der Waals surface area contributed by atoms with Gasteiger partial charge in [0.25, 0.3) is 0 Å². The summed E-state index contributed by atoms with van der Waals surface area (Å²) in [5, 5.41) is 2.60. The lowest BCUT2D eigenvalue weighted by Crippen LogP contribution is -2.29. The molecule has 1 aromatic heterocycles. The number of thiazole rings is 1. The van der Waals surface area contributed by atoms with Gasteiger partial charge in [-0.05, 0) is 20.9 Å². The van der Waals surface area contributed by atoms with Crippen molar-refractivity contribution in [1.29, 1.82) is 0 Å². The molecule has 0 aliphatic rings. The molecule has 0 bridgehead atoms. The Hall–Kier alpha value is -0.980. The molecule has 1 heterocycles. The van der Waals surface area contributed by atoms with Crippen molar-refractivity contribution >= 4 is 17.3 Å². The molecular weight excluding hydrogens is 240 g/mol. The number of esters is 1. The van der Waals surface area contributed by atoms with E-state index in [2.05, 4.69) is 4.98 Å². The molecule has 96 valence electrons. The second-order valence-electron chi connectivity index (χ2n) is 3.60. The maximum Gasteiger partial charge on any atom is 0.357 e. The molecule has 0 aromatic carbocycles. The van der Waals surface area contributed by atoms with Gasteiger partial charge in [0.05, 0.1) is 13.2 Å². The Labute approximate surface area is 105 Å². The molecule has 17 heavy (non-hydrogen) atoms. The minimum atomic E-state index is -0.363. The van der Waals surface area contributed by atoms with Gasteiger partial charge in [-0.25, -0.2) is 9.78 Å². The second kappa shape index (κ2) is 6.68. The fourth-order valence-corrected chi connectivity index (χ4v) is 2.03. The number of hydrogen-bond donors (Lipinski definition) is 0. The molecule has 1 atom stereocenters. The fourth-order valence-electron chi connectivity index (χ4n) is 1.20. The van der Waals surface area contributed by atoms with E-state index in [4.69, 9.17) is 9.47 Å². The van der Waals surface area contributed by atoms with Crippen LogP contribution in [-0.2, 0) is 16.0 Å². The van der Waals surface area contributed by atoms with E-state index >= 15 is 0 Å². The summed E-state index contributed by atoms with van der Waals surface area (Å²) in [5.74, 6) is -0.363. The smallest absolute Gasteiger partial charge is 0.357 e. The highest BCUT2D eigenvalue weighted by atomic mass is 32.1. The summed E-state index contributed by atoms with van der Waals surface area (Å²) < 4.78 is 10.1. The number of nitrogens with zero attached hydrogens (tertiary/aromatic N) is 2. The van der Waals surface area contributed by atoms with Crippen LogP contribution >= 0.6 is 11.3 Å². The summed E-state index contributed by atoms with van der Waals surface area (Å²) in [7, 11) is 3.60. The van der Waals surface area contributed by atoms with Crippen molar-refractivity contribution < 1.29 is 14.3 Å². The average molecular weight is 258 g/mol. The molecule has 0 radical (unpaired) electrons. The van der Waals surface area contributed by atoms with Gasteiger partial charge >= 0.3 is 5.97 Å². The standard InChI is InChI=1S/C11H18N2O3S/c1-5-16-11(14)9-7-17-10(12-9)6-13(3)8(2)15-4/h7-8H,5-6H2,1-4H3. The number of ether oxygens (including phenoxy) is 2. The molecule has 5 nitrogen and oxygen atoms in total. The summed E-state index contributed by atoms with van der Waals surface area (Å²) in [5.41, 5.74) is 0.380. The fraction of sp³-hybridized carbons (Fsp3) is 0.636. The number of carbonyl (C=O) groups is 1. The highest BCUT2D eigenvalue weighted by Gasteiger charge is 2.14. The predicted octanol–water partition coefficient (Wildman–Crippen LogP) is 1.74. The van der Waals surface area contributed by atoms with Crippen LogP contribution in [0.15, 0.2) is 5.38 Å². The molecule has 0 aliphatic heterocycles. The zero-order valence-corrected chi connectivity index (χ0v) is 11.4. The first kappa shape index (κ1) is 14.1. The Morgan fingerprint density at radius 2 is 2.35 bits per heavy atom. The van der Waals surface area contributed by atoms with Gasteiger partial charge in [-0.15, -0.1) is 11.3 Å². The van der Waals surface area contributed by atoms with E-state index in [-0.39, 0.29) is 12.2 Å². The number of carbonyl (C=O) groups excluding carboxylic acids is 1. The van der Waals surface area contributed by atoms with Crippen molar-refractivity contribution in [2.75, 3.05) is 20.8 Å². The van der Waals surface area contributed by atoms with Crippen LogP contribution in [0.1, 0.15) is 29.3 Å². The molecule has 1 aromatic rings. The van der Waals surface area contributed by atoms with Gasteiger partial charge in [0.15, 0.2) is 5.69 Å². The molecular formula is C11H18N2O3S. The topological polar surface area (TPSA) is 51.7 Å². The van der Waals surface area contributed by atoms with E-state index in [1.165, 1.54) is 11.3 Å². The van der Waals surface area contributed by atoms with Gasteiger partial charge in [0.1, 0.15) is 11.2 Å². The van der Waals surface area contributed by atoms with Gasteiger partial charge in [0.2, 0.25) is 0 Å². The zero-order valence-electron chi connectivity index (χ0n) is 10.6. The van der Waals surface area contributed by atoms with Gasteiger partial charge < -0.3 is 9.47 Å². The third-order valence-electron chi connectivity index (χ3n) is 2.38. The van der Waals surface area contributed by atoms with Gasteiger partial charge in [-0.2, -0.15) is 0 Å². The van der Waals surface area contributed by atoms with Crippen LogP contribution < -0.4 is 0 Å². The van der Waals surface area contributed by atoms with Crippen LogP contribution in [0.25, 0.3) is 0 Å². The highest BCUT2D eigenvalue weighted by molar-refractivity contribution is 7.09. The molecule has 0 aliphatic carbocycles. The molecule has 0 amide bonds. The Morgan fingerprint density at radius 1 is 1.65 bits per heavy atom. The van der Waals surface area contributed by atoms with Gasteiger partial charge in [-0.1, -0.05) is 0 Å². The summed E-state index contributed by atoms with van der Waals surface area (Å²) in [6, 6.07) is 0. The molecule has 0 N–H and O–H groups in total. The van der Waals surface area contributed by atoms with Crippen molar-refractivity contribution in [2.24, 2.45) is 0 Å². The molecule has 0 spiro atoms. The molecule has 0 saturated carbocycles. The largest absolute Gasteiger partial charge is 0.461 e. The van der Waals surface area contributed by atoms with Crippen molar-refractivity contribution in [3.8, 4) is 0 Å². The Morgan fingerprint density at radius 3 is 2.94 bits per heavy atom. The van der Waals surface area contributed by atoms with Crippen LogP contribution in [0, 0.1) is 0 Å². The average Bonchev–Trinajstić information content (AvgIpc) is 2.76. The first-order valence-electron chi connectivity index (χ1n) is 5.43. The molecule has 0 saturated heterocycles. The SMILES string of the molecule is CCOC(=O)c1csc(CN(C)C(C)OC)n1. The third kappa shape index (κ3) is 4.07. The van der Waals surface area contributed by atoms with E-state index < -0.39 is 0 Å². The first-order valence-corrected chi connectivity index (χ1v) is 6.31. The first-order chi connectivity index (χ1) is 8.08. The minimum Gasteiger partial charge on any atom is -0.461 e. The Balaban J connectivity index is 2.59. The summed E-state index contributed by atoms with van der Waals surface area (Å²) in [4.78, 5) is 17.7. The lowest BCUT2D eigenvalue weighted by molar-refractivity contribution is -0.00792. The van der Waals surface area contributed by atoms with Crippen LogP contribution in [0.4, 0.5) is 0 Å². The molecule has 6 heteroatoms. The van der Waals surface area contributed by atoms with E-state index in [0.717, 1.165) is 5.01 Å². The van der Waals surface area contributed by atoms with Crippen molar-refractivity contribution in [1.82, 2.24) is 9.88 Å². The number of hydrogen-bond acceptors (Lipinski definition) is 6. The van der Waals surface area contributed by atoms with Crippen molar-refractivity contribution in [2.45, 2.75) is 26.6 Å². The normalized spacial score (nSPS) is 12.8. The lowest BCUT2D eigenvalue weighted by atomic mass is 10.5. The van der Waals surface area contributed by atoms with Crippen LogP contribution in [-0.4, -0.2) is 42.8 Å². The molecule has 1 rings (SSSR count). The quantitative estimate of drug-likeness (QED) is 0.574. The third-order valence-corrected chi connectivity index (χ3v) is 3.22. The van der Waals surface area contributed by atoms with E-state index in [0.29, 0.717) is 18.8 Å². The summed E-state index contributed by atoms with van der Waals surface area (Å²) in [6.07, 6.45) is 0.0185. The highest BCUT2D eigenvalue weighted by Crippen LogP contribution is 2.14. The predicted molar refractivity (Wildman–Crippen MR) is 66.0 cm³/mol. The van der Waals surface area contributed by atoms with E-state index in [1.807, 2.05) is 18.9 Å². The monoisotopic (exact) mass is 258 g/mol.